The van der Waals surface area contributed by atoms with Crippen LogP contribution < -0.4 is 0 Å². The zero-order chi connectivity index (χ0) is 12.8. The van der Waals surface area contributed by atoms with Crippen LogP contribution in [0.25, 0.3) is 5.53 Å². The Labute approximate surface area is 101 Å². The number of benzene rings is 1. The zero-order valence-corrected chi connectivity index (χ0v) is 10.3. The summed E-state index contributed by atoms with van der Waals surface area (Å²) in [4.78, 5) is 14.3. The minimum Gasteiger partial charge on any atom is -0.460 e. The van der Waals surface area contributed by atoms with Crippen LogP contribution in [0.15, 0.2) is 24.3 Å². The van der Waals surface area contributed by atoms with Crippen LogP contribution in [-0.4, -0.2) is 23.6 Å². The first-order valence-electron chi connectivity index (χ1n) is 5.48. The van der Waals surface area contributed by atoms with Crippen LogP contribution in [0.4, 0.5) is 0 Å². The summed E-state index contributed by atoms with van der Waals surface area (Å²) in [6, 6.07) is 7.35. The van der Waals surface area contributed by atoms with E-state index >= 15 is 0 Å². The first-order chi connectivity index (χ1) is 8.08. The third kappa shape index (κ3) is 3.54. The summed E-state index contributed by atoms with van der Waals surface area (Å²) >= 11 is 0. The van der Waals surface area contributed by atoms with Crippen molar-refractivity contribution < 1.29 is 14.3 Å². The number of ether oxygens (including phenoxy) is 1. The molecular weight excluding hydrogens is 216 g/mol. The largest absolute Gasteiger partial charge is 0.460 e. The number of esters is 1. The van der Waals surface area contributed by atoms with Crippen LogP contribution in [0.2, 0.25) is 0 Å². The molecule has 1 aromatic rings. The van der Waals surface area contributed by atoms with Gasteiger partial charge in [-0.25, -0.2) is 4.79 Å². The van der Waals surface area contributed by atoms with Gasteiger partial charge < -0.3 is 10.3 Å². The van der Waals surface area contributed by atoms with Crippen molar-refractivity contribution >= 4 is 11.7 Å². The molecule has 4 nitrogen and oxygen atoms in total. The van der Waals surface area contributed by atoms with Gasteiger partial charge in [0, 0.05) is 0 Å². The molecule has 1 aromatic carbocycles. The molecule has 0 aliphatic carbocycles. The van der Waals surface area contributed by atoms with E-state index < -0.39 is 5.97 Å². The van der Waals surface area contributed by atoms with Crippen molar-refractivity contribution in [2.75, 3.05) is 7.11 Å². The van der Waals surface area contributed by atoms with Gasteiger partial charge in [-0.2, -0.15) is 4.79 Å². The van der Waals surface area contributed by atoms with Crippen LogP contribution in [-0.2, 0) is 16.0 Å². The molecule has 0 aromatic heterocycles. The standard InChI is InChI=1S/C13H16N2O2/c1-9(2)8-10-4-6-11(7-5-10)12(15-14)13(16)17-3/h4-7,9H,8H2,1-3H3. The Morgan fingerprint density at radius 3 is 2.35 bits per heavy atom. The van der Waals surface area contributed by atoms with Crippen molar-refractivity contribution in [3.05, 3.63) is 40.9 Å². The van der Waals surface area contributed by atoms with Crippen molar-refractivity contribution in [1.82, 2.24) is 0 Å². The van der Waals surface area contributed by atoms with Crippen LogP contribution in [0.5, 0.6) is 0 Å². The van der Waals surface area contributed by atoms with Crippen LogP contribution in [0.1, 0.15) is 25.0 Å². The maximum Gasteiger partial charge on any atom is 0.422 e. The highest BCUT2D eigenvalue weighted by Crippen LogP contribution is 2.10. The van der Waals surface area contributed by atoms with Gasteiger partial charge in [-0.1, -0.05) is 26.0 Å². The minimum absolute atomic E-state index is 0.0800. The van der Waals surface area contributed by atoms with Crippen LogP contribution in [0, 0.1) is 5.92 Å². The second-order valence-electron chi connectivity index (χ2n) is 4.24. The SMILES string of the molecule is COC(=O)C(=[N+]=[N-])c1ccc(CC(C)C)cc1. The zero-order valence-electron chi connectivity index (χ0n) is 10.3. The molecule has 0 spiro atoms. The van der Waals surface area contributed by atoms with Gasteiger partial charge in [0.1, 0.15) is 0 Å². The molecule has 0 saturated heterocycles. The Bertz CT molecular complexity index is 443. The third-order valence-corrected chi connectivity index (χ3v) is 2.35. The summed E-state index contributed by atoms with van der Waals surface area (Å²) in [5.74, 6) is -0.0726. The van der Waals surface area contributed by atoms with E-state index in [2.05, 4.69) is 23.4 Å². The van der Waals surface area contributed by atoms with Gasteiger partial charge in [0.2, 0.25) is 0 Å². The highest BCUT2D eigenvalue weighted by atomic mass is 16.5. The van der Waals surface area contributed by atoms with Crippen LogP contribution in [0.3, 0.4) is 0 Å². The lowest BCUT2D eigenvalue weighted by atomic mass is 10.0. The van der Waals surface area contributed by atoms with Crippen molar-refractivity contribution in [3.63, 3.8) is 0 Å². The van der Waals surface area contributed by atoms with E-state index in [0.29, 0.717) is 11.5 Å². The predicted molar refractivity (Wildman–Crippen MR) is 64.7 cm³/mol. The first kappa shape index (κ1) is 13.1. The maximum atomic E-state index is 11.3. The maximum absolute atomic E-state index is 11.3. The van der Waals surface area contributed by atoms with Gasteiger partial charge in [0.15, 0.2) is 0 Å². The van der Waals surface area contributed by atoms with E-state index in [0.717, 1.165) is 6.42 Å². The molecule has 0 fully saturated rings. The average Bonchev–Trinajstić information content (AvgIpc) is 2.31. The molecule has 0 heterocycles. The Hall–Kier alpha value is -1.93. The van der Waals surface area contributed by atoms with E-state index in [1.54, 1.807) is 12.1 Å². The Kier molecular flexibility index (Phi) is 4.61. The van der Waals surface area contributed by atoms with Crippen molar-refractivity contribution in [1.29, 1.82) is 0 Å². The highest BCUT2D eigenvalue weighted by molar-refractivity contribution is 6.40. The van der Waals surface area contributed by atoms with E-state index in [9.17, 15) is 4.79 Å². The Morgan fingerprint density at radius 1 is 1.35 bits per heavy atom. The normalized spacial score (nSPS) is 9.88. The highest BCUT2D eigenvalue weighted by Gasteiger charge is 2.23. The molecule has 0 aliphatic heterocycles. The first-order valence-corrected chi connectivity index (χ1v) is 5.48. The van der Waals surface area contributed by atoms with Gasteiger partial charge in [-0.05, 0) is 30.0 Å². The molecular formula is C13H16N2O2. The van der Waals surface area contributed by atoms with E-state index in [-0.39, 0.29) is 5.71 Å². The monoisotopic (exact) mass is 232 g/mol. The van der Waals surface area contributed by atoms with Crippen molar-refractivity contribution in [3.8, 4) is 0 Å². The van der Waals surface area contributed by atoms with E-state index in [1.807, 2.05) is 12.1 Å². The van der Waals surface area contributed by atoms with Gasteiger partial charge in [0.25, 0.3) is 0 Å². The predicted octanol–water partition coefficient (Wildman–Crippen LogP) is 2.08. The molecule has 0 aliphatic rings. The van der Waals surface area contributed by atoms with Gasteiger partial charge in [-0.3, -0.25) is 0 Å². The molecule has 0 atom stereocenters. The third-order valence-electron chi connectivity index (χ3n) is 2.35. The minimum atomic E-state index is -0.649. The summed E-state index contributed by atoms with van der Waals surface area (Å²) in [5.41, 5.74) is 10.4. The van der Waals surface area contributed by atoms with Gasteiger partial charge >= 0.3 is 11.7 Å². The average molecular weight is 232 g/mol. The molecule has 0 unspecified atom stereocenters. The topological polar surface area (TPSA) is 62.7 Å². The molecule has 0 radical (unpaired) electrons. The molecule has 0 bridgehead atoms. The van der Waals surface area contributed by atoms with Gasteiger partial charge in [-0.15, -0.1) is 0 Å². The fourth-order valence-corrected chi connectivity index (χ4v) is 1.58. The Morgan fingerprint density at radius 2 is 1.94 bits per heavy atom. The van der Waals surface area contributed by atoms with Crippen molar-refractivity contribution in [2.24, 2.45) is 5.92 Å². The van der Waals surface area contributed by atoms with Crippen molar-refractivity contribution in [2.45, 2.75) is 20.3 Å². The number of carbonyl (C=O) groups excluding carboxylic acids is 1. The van der Waals surface area contributed by atoms with Crippen LogP contribution >= 0.6 is 0 Å². The number of methoxy groups -OCH3 is 1. The molecule has 0 saturated carbocycles. The number of nitrogens with zero attached hydrogens (tertiary/aromatic N) is 2. The summed E-state index contributed by atoms with van der Waals surface area (Å²) in [6.07, 6.45) is 0.976. The smallest absolute Gasteiger partial charge is 0.422 e. The molecule has 17 heavy (non-hydrogen) atoms. The molecule has 90 valence electrons. The van der Waals surface area contributed by atoms with E-state index in [1.165, 1.54) is 12.7 Å². The number of hydrogen-bond acceptors (Lipinski definition) is 2. The second-order valence-corrected chi connectivity index (χ2v) is 4.24. The molecule has 0 amide bonds. The summed E-state index contributed by atoms with van der Waals surface area (Å²) in [6.45, 7) is 4.28. The fraction of sp³-hybridized carbons (Fsp3) is 0.385. The molecule has 1 rings (SSSR count). The number of rotatable bonds is 4. The number of hydrogen-bond donors (Lipinski definition) is 0. The quantitative estimate of drug-likeness (QED) is 0.345. The lowest BCUT2D eigenvalue weighted by molar-refractivity contribution is -0.137. The summed E-state index contributed by atoms with van der Waals surface area (Å²) in [7, 11) is 1.25. The lowest BCUT2D eigenvalue weighted by Crippen LogP contribution is -2.18. The summed E-state index contributed by atoms with van der Waals surface area (Å²) < 4.78 is 4.52. The fourth-order valence-electron chi connectivity index (χ4n) is 1.58. The molecule has 4 heteroatoms. The van der Waals surface area contributed by atoms with E-state index in [4.69, 9.17) is 5.53 Å². The van der Waals surface area contributed by atoms with Gasteiger partial charge in [0.05, 0.1) is 12.7 Å². The second kappa shape index (κ2) is 5.97. The lowest BCUT2D eigenvalue weighted by Gasteiger charge is -2.04. The molecule has 0 N–H and O–H groups in total. The summed E-state index contributed by atoms with van der Waals surface area (Å²) in [5, 5.41) is 0. The number of carbonyl (C=O) groups is 1. The Balaban J connectivity index is 2.94.